The van der Waals surface area contributed by atoms with Gasteiger partial charge in [-0.25, -0.2) is 17.5 Å². The van der Waals surface area contributed by atoms with Gasteiger partial charge >= 0.3 is 5.97 Å². The van der Waals surface area contributed by atoms with Crippen LogP contribution in [-0.4, -0.2) is 56.6 Å². The minimum Gasteiger partial charge on any atom is -0.494 e. The minimum absolute atomic E-state index is 0.0180. The number of aromatic carboxylic acids is 1. The molecule has 0 aliphatic carbocycles. The Morgan fingerprint density at radius 2 is 1.93 bits per heavy atom. The molecule has 0 bridgehead atoms. The van der Waals surface area contributed by atoms with E-state index in [2.05, 4.69) is 17.2 Å². The number of carboxylic acids is 1. The first-order valence-corrected chi connectivity index (χ1v) is 9.62. The van der Waals surface area contributed by atoms with Gasteiger partial charge in [0.2, 0.25) is 10.0 Å². The van der Waals surface area contributed by atoms with Gasteiger partial charge in [0.25, 0.3) is 5.69 Å². The van der Waals surface area contributed by atoms with Crippen molar-refractivity contribution < 1.29 is 28.0 Å². The van der Waals surface area contributed by atoms with Gasteiger partial charge in [0.05, 0.1) is 39.9 Å². The third-order valence-electron chi connectivity index (χ3n) is 3.97. The van der Waals surface area contributed by atoms with Crippen LogP contribution in [0.2, 0.25) is 0 Å². The molecule has 0 fully saturated rings. The summed E-state index contributed by atoms with van der Waals surface area (Å²) >= 11 is 0. The highest BCUT2D eigenvalue weighted by atomic mass is 32.2. The summed E-state index contributed by atoms with van der Waals surface area (Å²) in [4.78, 5) is 21.9. The maximum atomic E-state index is 12.3. The van der Waals surface area contributed by atoms with Gasteiger partial charge in [-0.15, -0.1) is 0 Å². The van der Waals surface area contributed by atoms with Crippen LogP contribution in [0.3, 0.4) is 0 Å². The van der Waals surface area contributed by atoms with Crippen LogP contribution in [-0.2, 0) is 10.0 Å². The molecule has 2 rings (SSSR count). The van der Waals surface area contributed by atoms with Crippen LogP contribution in [0, 0.1) is 10.1 Å². The number of sulfonamides is 1. The smallest absolute Gasteiger partial charge is 0.338 e. The number of nitrogens with one attached hydrogen (secondary N) is 1. The first-order chi connectivity index (χ1) is 14.0. The van der Waals surface area contributed by atoms with Crippen LogP contribution in [0.1, 0.15) is 10.4 Å². The molecule has 0 unspecified atom stereocenters. The maximum absolute atomic E-state index is 12.3. The van der Waals surface area contributed by atoms with Crippen LogP contribution in [0.4, 0.5) is 17.1 Å². The number of benzene rings is 2. The van der Waals surface area contributed by atoms with E-state index in [9.17, 15) is 28.4 Å². The fraction of sp³-hybridized carbons (Fsp3) is 0.176. The Bertz CT molecular complexity index is 1100. The van der Waals surface area contributed by atoms with Crippen molar-refractivity contribution in [2.24, 2.45) is 5.10 Å². The lowest BCUT2D eigenvalue weighted by atomic mass is 10.2. The fourth-order valence-corrected chi connectivity index (χ4v) is 3.34. The number of nitro groups is 1. The Hall–Kier alpha value is -3.71. The number of nitrogens with zero attached hydrogens (tertiary/aromatic N) is 4. The zero-order chi connectivity index (χ0) is 22.6. The molecule has 0 saturated heterocycles. The van der Waals surface area contributed by atoms with E-state index in [4.69, 9.17) is 4.74 Å². The molecule has 0 aliphatic heterocycles. The van der Waals surface area contributed by atoms with E-state index in [0.29, 0.717) is 0 Å². The quantitative estimate of drug-likeness (QED) is 0.340. The van der Waals surface area contributed by atoms with Gasteiger partial charge in [0.1, 0.15) is 0 Å². The molecule has 2 aromatic rings. The van der Waals surface area contributed by atoms with Gasteiger partial charge in [-0.3, -0.25) is 15.5 Å². The fourth-order valence-electron chi connectivity index (χ4n) is 2.41. The number of methoxy groups -OCH3 is 1. The Morgan fingerprint density at radius 1 is 1.27 bits per heavy atom. The van der Waals surface area contributed by atoms with Crippen LogP contribution < -0.4 is 15.3 Å². The normalized spacial score (nSPS) is 11.1. The van der Waals surface area contributed by atoms with Crippen molar-refractivity contribution in [2.45, 2.75) is 4.90 Å². The topological polar surface area (TPSA) is 155 Å². The van der Waals surface area contributed by atoms with Gasteiger partial charge < -0.3 is 9.84 Å². The van der Waals surface area contributed by atoms with Crippen molar-refractivity contribution in [1.82, 2.24) is 4.31 Å². The summed E-state index contributed by atoms with van der Waals surface area (Å²) in [5.74, 6) is -1.30. The van der Waals surface area contributed by atoms with Crippen molar-refractivity contribution in [3.8, 4) is 5.75 Å². The zero-order valence-corrected chi connectivity index (χ0v) is 17.1. The molecule has 30 heavy (non-hydrogen) atoms. The van der Waals surface area contributed by atoms with Gasteiger partial charge in [-0.1, -0.05) is 0 Å². The Balaban J connectivity index is 2.52. The summed E-state index contributed by atoms with van der Waals surface area (Å²) in [6.45, 7) is 3.38. The van der Waals surface area contributed by atoms with E-state index >= 15 is 0 Å². The van der Waals surface area contributed by atoms with Crippen LogP contribution in [0.15, 0.2) is 46.4 Å². The molecule has 0 aliphatic rings. The van der Waals surface area contributed by atoms with Crippen LogP contribution >= 0.6 is 0 Å². The average Bonchev–Trinajstić information content (AvgIpc) is 2.71. The van der Waals surface area contributed by atoms with Crippen LogP contribution in [0.25, 0.3) is 0 Å². The number of hydrazine groups is 1. The molecule has 2 aromatic carbocycles. The van der Waals surface area contributed by atoms with Gasteiger partial charge in [-0.2, -0.15) is 10.2 Å². The number of nitro benzene ring substituents is 1. The number of anilines is 2. The number of hydrazone groups is 1. The molecule has 0 amide bonds. The molecule has 0 spiro atoms. The number of carboxylic acid groups (broad SMARTS) is 1. The number of hydrogen-bond acceptors (Lipinski definition) is 9. The molecular formula is C17H19N5O7S. The highest BCUT2D eigenvalue weighted by molar-refractivity contribution is 7.89. The number of carbonyl (C=O) groups is 1. The SMILES string of the molecule is C=NN(Nc1ccc([N+](=O)[O-])cc1OC)c1ccc(S(=O)(=O)N(C)C)cc1C(=O)O. The Kier molecular flexibility index (Phi) is 6.59. The zero-order valence-electron chi connectivity index (χ0n) is 16.3. The highest BCUT2D eigenvalue weighted by Crippen LogP contribution is 2.32. The van der Waals surface area contributed by atoms with Crippen molar-refractivity contribution >= 4 is 39.8 Å². The molecule has 2 N–H and O–H groups in total. The third kappa shape index (κ3) is 4.47. The molecule has 0 atom stereocenters. The number of ether oxygens (including phenoxy) is 1. The molecule has 0 radical (unpaired) electrons. The molecule has 0 heterocycles. The average molecular weight is 437 g/mol. The van der Waals surface area contributed by atoms with E-state index in [-0.39, 0.29) is 33.3 Å². The molecule has 160 valence electrons. The van der Waals surface area contributed by atoms with Gasteiger partial charge in [0.15, 0.2) is 5.75 Å². The van der Waals surface area contributed by atoms with Crippen molar-refractivity contribution in [2.75, 3.05) is 31.7 Å². The first kappa shape index (κ1) is 22.6. The third-order valence-corrected chi connectivity index (χ3v) is 5.78. The second-order valence-electron chi connectivity index (χ2n) is 5.98. The number of rotatable bonds is 9. The van der Waals surface area contributed by atoms with E-state index in [1.165, 1.54) is 51.5 Å². The number of hydrogen-bond donors (Lipinski definition) is 2. The van der Waals surface area contributed by atoms with Gasteiger partial charge in [0, 0.05) is 26.9 Å². The largest absolute Gasteiger partial charge is 0.494 e. The summed E-state index contributed by atoms with van der Waals surface area (Å²) in [5.41, 5.74) is 2.38. The summed E-state index contributed by atoms with van der Waals surface area (Å²) < 4.78 is 30.7. The summed E-state index contributed by atoms with van der Waals surface area (Å²) in [7, 11) is 0.0877. The van der Waals surface area contributed by atoms with Gasteiger partial charge in [-0.05, 0) is 24.3 Å². The molecular weight excluding hydrogens is 418 g/mol. The standard InChI is InChI=1S/C17H19N5O7S/c1-18-21(19-14-7-5-11(22(25)26)9-16(14)29-4)15-8-6-12(10-13(15)17(23)24)30(27,28)20(2)3/h5-10,19H,1H2,2-4H3,(H,23,24). The first-order valence-electron chi connectivity index (χ1n) is 8.18. The molecule has 13 heteroatoms. The lowest BCUT2D eigenvalue weighted by Crippen LogP contribution is -2.27. The van der Waals surface area contributed by atoms with E-state index in [1.807, 2.05) is 0 Å². The second kappa shape index (κ2) is 8.75. The summed E-state index contributed by atoms with van der Waals surface area (Å²) in [5, 5.41) is 25.2. The van der Waals surface area contributed by atoms with Crippen LogP contribution in [0.5, 0.6) is 5.75 Å². The summed E-state index contributed by atoms with van der Waals surface area (Å²) in [6, 6.07) is 7.22. The molecule has 12 nitrogen and oxygen atoms in total. The van der Waals surface area contributed by atoms with Crippen molar-refractivity contribution in [3.05, 3.63) is 52.1 Å². The maximum Gasteiger partial charge on any atom is 0.338 e. The highest BCUT2D eigenvalue weighted by Gasteiger charge is 2.24. The second-order valence-corrected chi connectivity index (χ2v) is 8.13. The van der Waals surface area contributed by atoms with Crippen molar-refractivity contribution in [1.29, 1.82) is 0 Å². The Morgan fingerprint density at radius 3 is 2.43 bits per heavy atom. The predicted octanol–water partition coefficient (Wildman–Crippen LogP) is 2.00. The summed E-state index contributed by atoms with van der Waals surface area (Å²) in [6.07, 6.45) is 0. The monoisotopic (exact) mass is 437 g/mol. The predicted molar refractivity (Wildman–Crippen MR) is 110 cm³/mol. The number of non-ortho nitro benzene ring substituents is 1. The van der Waals surface area contributed by atoms with E-state index < -0.39 is 20.9 Å². The molecule has 0 saturated carbocycles. The van der Waals surface area contributed by atoms with Crippen molar-refractivity contribution in [3.63, 3.8) is 0 Å². The lowest BCUT2D eigenvalue weighted by Gasteiger charge is -2.23. The minimum atomic E-state index is -3.86. The lowest BCUT2D eigenvalue weighted by molar-refractivity contribution is -0.384. The molecule has 0 aromatic heterocycles. The van der Waals surface area contributed by atoms with E-state index in [1.54, 1.807) is 0 Å². The Labute approximate surface area is 172 Å². The van der Waals surface area contributed by atoms with E-state index in [0.717, 1.165) is 15.5 Å².